The quantitative estimate of drug-likeness (QED) is 0.0318. The highest BCUT2D eigenvalue weighted by molar-refractivity contribution is 5.83. The van der Waals surface area contributed by atoms with Gasteiger partial charge in [0.2, 0.25) is 5.91 Å². The Morgan fingerprint density at radius 3 is 1.27 bits per heavy atom. The predicted octanol–water partition coefficient (Wildman–Crippen LogP) is 15.7. The Balaban J connectivity index is 4.36. The third kappa shape index (κ3) is 45.1. The first-order chi connectivity index (χ1) is 30.4. The maximum absolute atomic E-state index is 12.9. The zero-order valence-corrected chi connectivity index (χ0v) is 40.5. The average Bonchev–Trinajstić information content (AvgIpc) is 3.26. The van der Waals surface area contributed by atoms with Gasteiger partial charge >= 0.3 is 11.9 Å². The van der Waals surface area contributed by atoms with Crippen LogP contribution in [0.3, 0.4) is 0 Å². The number of carbonyl (C=O) groups is 3. The van der Waals surface area contributed by atoms with Gasteiger partial charge in [-0.3, -0.25) is 9.59 Å². The minimum atomic E-state index is -1.01. The van der Waals surface area contributed by atoms with E-state index in [0.29, 0.717) is 32.2 Å². The van der Waals surface area contributed by atoms with Gasteiger partial charge in [0, 0.05) is 12.8 Å². The van der Waals surface area contributed by atoms with Crippen LogP contribution in [0.25, 0.3) is 0 Å². The fraction of sp³-hybridized carbons (Fsp3) is 0.764. The van der Waals surface area contributed by atoms with Crippen LogP contribution in [-0.2, 0) is 19.1 Å². The molecule has 2 atom stereocenters. The Morgan fingerprint density at radius 1 is 0.468 bits per heavy atom. The molecule has 0 bridgehead atoms. The first kappa shape index (κ1) is 59.1. The molecule has 2 unspecified atom stereocenters. The maximum atomic E-state index is 12.9. The molecule has 0 aliphatic carbocycles. The van der Waals surface area contributed by atoms with Gasteiger partial charge in [0.15, 0.2) is 0 Å². The molecule has 7 heteroatoms. The molecule has 1 amide bonds. The molecular formula is C55H98N2O5. The fourth-order valence-corrected chi connectivity index (χ4v) is 7.61. The average molecular weight is 867 g/mol. The van der Waals surface area contributed by atoms with Crippen molar-refractivity contribution in [1.82, 2.24) is 5.32 Å². The van der Waals surface area contributed by atoms with Crippen LogP contribution >= 0.6 is 0 Å². The van der Waals surface area contributed by atoms with E-state index in [1.165, 1.54) is 103 Å². The van der Waals surface area contributed by atoms with Crippen LogP contribution in [0, 0.1) is 0 Å². The number of carboxylic acid groups (broad SMARTS) is 1. The number of carboxylic acids is 1. The number of rotatable bonds is 47. The van der Waals surface area contributed by atoms with E-state index in [2.05, 4.69) is 79.9 Å². The van der Waals surface area contributed by atoms with E-state index < -0.39 is 12.0 Å². The molecule has 0 aliphatic rings. The molecule has 0 rings (SSSR count). The van der Waals surface area contributed by atoms with E-state index >= 15 is 0 Å². The Morgan fingerprint density at radius 2 is 0.839 bits per heavy atom. The third-order valence-corrected chi connectivity index (χ3v) is 11.6. The zero-order chi connectivity index (χ0) is 45.2. The van der Waals surface area contributed by atoms with Crippen molar-refractivity contribution in [2.75, 3.05) is 6.54 Å². The standard InChI is InChI=1S/C55H98N2O5/c1-3-5-7-9-11-13-15-17-19-20-21-22-23-24-26-28-30-32-34-39-43-49-54(59)62-51(45-40-36-33-31-29-27-25-18-16-14-12-10-8-6-4-2)46-41-37-35-38-42-48-53(58)57-52(55(60)61)47-44-50-56/h15-18,20-21,23-24,27,29,51-52H,3-14,19,22,25-26,28,30-50,56H2,1-2H3,(H,57,58)(H,60,61)/b17-15-,18-16-,21-20-,24-23-,29-27-. The van der Waals surface area contributed by atoms with Gasteiger partial charge in [-0.15, -0.1) is 0 Å². The van der Waals surface area contributed by atoms with Crippen molar-refractivity contribution in [2.45, 2.75) is 264 Å². The molecular weight excluding hydrogens is 769 g/mol. The molecule has 0 saturated carbocycles. The SMILES string of the molecule is CCCCCCC/C=C\C/C=C\C/C=C\CCCCCCCCC(=O)OC(CCCCC/C=C\C/C=C\CCCCCCC)CCCCCCCC(=O)NC(CCCN)C(=O)O. The number of amides is 1. The molecule has 7 nitrogen and oxygen atoms in total. The van der Waals surface area contributed by atoms with Crippen LogP contribution in [0.15, 0.2) is 60.8 Å². The van der Waals surface area contributed by atoms with Gasteiger partial charge in [0.25, 0.3) is 0 Å². The second-order valence-corrected chi connectivity index (χ2v) is 17.6. The van der Waals surface area contributed by atoms with Crippen molar-refractivity contribution >= 4 is 17.8 Å². The van der Waals surface area contributed by atoms with E-state index in [0.717, 1.165) is 109 Å². The topological polar surface area (TPSA) is 119 Å². The lowest BCUT2D eigenvalue weighted by Crippen LogP contribution is -2.40. The summed E-state index contributed by atoms with van der Waals surface area (Å²) in [6.45, 7) is 4.93. The highest BCUT2D eigenvalue weighted by Gasteiger charge is 2.19. The molecule has 0 saturated heterocycles. The van der Waals surface area contributed by atoms with E-state index in [1.54, 1.807) is 0 Å². The molecule has 0 spiro atoms. The number of hydrogen-bond donors (Lipinski definition) is 3. The monoisotopic (exact) mass is 867 g/mol. The number of esters is 1. The van der Waals surface area contributed by atoms with Crippen molar-refractivity contribution in [2.24, 2.45) is 5.73 Å². The summed E-state index contributed by atoms with van der Waals surface area (Å²) >= 11 is 0. The largest absolute Gasteiger partial charge is 0.480 e. The Hall–Kier alpha value is -2.93. The first-order valence-electron chi connectivity index (χ1n) is 26.1. The summed E-state index contributed by atoms with van der Waals surface area (Å²) in [6.07, 6.45) is 62.7. The van der Waals surface area contributed by atoms with E-state index in [1.807, 2.05) is 0 Å². The number of unbranched alkanes of at least 4 members (excludes halogenated alkanes) is 23. The molecule has 0 aromatic heterocycles. The molecule has 0 aromatic carbocycles. The van der Waals surface area contributed by atoms with Crippen molar-refractivity contribution in [3.63, 3.8) is 0 Å². The minimum absolute atomic E-state index is 0.0207. The van der Waals surface area contributed by atoms with E-state index in [-0.39, 0.29) is 18.0 Å². The Kier molecular flexibility index (Phi) is 46.8. The number of aliphatic carboxylic acids is 1. The van der Waals surface area contributed by atoms with Crippen LogP contribution in [0.5, 0.6) is 0 Å². The first-order valence-corrected chi connectivity index (χ1v) is 26.1. The van der Waals surface area contributed by atoms with Crippen LogP contribution in [0.2, 0.25) is 0 Å². The Labute approximate surface area is 382 Å². The van der Waals surface area contributed by atoms with Crippen molar-refractivity contribution in [3.05, 3.63) is 60.8 Å². The molecule has 0 heterocycles. The maximum Gasteiger partial charge on any atom is 0.326 e. The van der Waals surface area contributed by atoms with E-state index in [4.69, 9.17) is 10.5 Å². The fourth-order valence-electron chi connectivity index (χ4n) is 7.61. The molecule has 358 valence electrons. The van der Waals surface area contributed by atoms with Crippen LogP contribution in [0.4, 0.5) is 0 Å². The number of carbonyl (C=O) groups excluding carboxylic acids is 2. The molecule has 62 heavy (non-hydrogen) atoms. The number of nitrogens with two attached hydrogens (primary N) is 1. The molecule has 0 aromatic rings. The summed E-state index contributed by atoms with van der Waals surface area (Å²) in [4.78, 5) is 36.6. The second-order valence-electron chi connectivity index (χ2n) is 17.6. The lowest BCUT2D eigenvalue weighted by molar-refractivity contribution is -0.150. The highest BCUT2D eigenvalue weighted by atomic mass is 16.5. The van der Waals surface area contributed by atoms with Gasteiger partial charge in [-0.2, -0.15) is 0 Å². The highest BCUT2D eigenvalue weighted by Crippen LogP contribution is 2.19. The number of ether oxygens (including phenoxy) is 1. The molecule has 4 N–H and O–H groups in total. The number of nitrogens with one attached hydrogen (secondary N) is 1. The van der Waals surface area contributed by atoms with Gasteiger partial charge in [-0.05, 0) is 129 Å². The van der Waals surface area contributed by atoms with Crippen LogP contribution in [0.1, 0.15) is 251 Å². The predicted molar refractivity (Wildman–Crippen MR) is 266 cm³/mol. The van der Waals surface area contributed by atoms with Gasteiger partial charge in [0.1, 0.15) is 12.1 Å². The van der Waals surface area contributed by atoms with Gasteiger partial charge in [-0.1, -0.05) is 177 Å². The summed E-state index contributed by atoms with van der Waals surface area (Å²) in [6, 6.07) is -0.864. The smallest absolute Gasteiger partial charge is 0.326 e. The van der Waals surface area contributed by atoms with Crippen molar-refractivity contribution in [3.8, 4) is 0 Å². The lowest BCUT2D eigenvalue weighted by Gasteiger charge is -2.18. The number of hydrogen-bond acceptors (Lipinski definition) is 5. The van der Waals surface area contributed by atoms with E-state index in [9.17, 15) is 19.5 Å². The van der Waals surface area contributed by atoms with Gasteiger partial charge < -0.3 is 20.9 Å². The molecule has 0 fully saturated rings. The zero-order valence-electron chi connectivity index (χ0n) is 40.5. The number of allylic oxidation sites excluding steroid dienone is 10. The minimum Gasteiger partial charge on any atom is -0.480 e. The van der Waals surface area contributed by atoms with Gasteiger partial charge in [0.05, 0.1) is 0 Å². The van der Waals surface area contributed by atoms with Crippen molar-refractivity contribution < 1.29 is 24.2 Å². The third-order valence-electron chi connectivity index (χ3n) is 11.6. The molecule has 0 radical (unpaired) electrons. The second kappa shape index (κ2) is 49.1. The van der Waals surface area contributed by atoms with Crippen LogP contribution < -0.4 is 11.1 Å². The van der Waals surface area contributed by atoms with Crippen LogP contribution in [-0.4, -0.2) is 41.6 Å². The van der Waals surface area contributed by atoms with Crippen molar-refractivity contribution in [1.29, 1.82) is 0 Å². The summed E-state index contributed by atoms with van der Waals surface area (Å²) in [7, 11) is 0. The lowest BCUT2D eigenvalue weighted by atomic mass is 10.0. The Bertz CT molecular complexity index is 1160. The summed E-state index contributed by atoms with van der Waals surface area (Å²) < 4.78 is 6.07. The molecule has 0 aliphatic heterocycles. The summed E-state index contributed by atoms with van der Waals surface area (Å²) in [5.41, 5.74) is 5.50. The normalized spacial score (nSPS) is 13.1. The van der Waals surface area contributed by atoms with Gasteiger partial charge in [-0.25, -0.2) is 4.79 Å². The summed E-state index contributed by atoms with van der Waals surface area (Å²) in [5.74, 6) is -1.26. The summed E-state index contributed by atoms with van der Waals surface area (Å²) in [5, 5.41) is 12.0.